The Kier molecular flexibility index (Phi) is 4.39. The van der Waals surface area contributed by atoms with Crippen molar-refractivity contribution in [3.63, 3.8) is 0 Å². The number of aliphatic hydroxyl groups is 2. The first-order valence-electron chi connectivity index (χ1n) is 6.71. The maximum absolute atomic E-state index is 9.92. The molecule has 0 spiro atoms. The molecule has 0 radical (unpaired) electrons. The van der Waals surface area contributed by atoms with Crippen LogP contribution in [0.1, 0.15) is 25.0 Å². The van der Waals surface area contributed by atoms with Crippen molar-refractivity contribution in [2.45, 2.75) is 31.6 Å². The van der Waals surface area contributed by atoms with Crippen LogP contribution in [0.25, 0.3) is 0 Å². The Labute approximate surface area is 114 Å². The molecule has 0 aliphatic carbocycles. The summed E-state index contributed by atoms with van der Waals surface area (Å²) in [5.74, 6) is 0.793. The molecule has 106 valence electrons. The summed E-state index contributed by atoms with van der Waals surface area (Å²) in [5, 5.41) is 19.8. The second-order valence-electron chi connectivity index (χ2n) is 5.55. The van der Waals surface area contributed by atoms with Gasteiger partial charge in [0, 0.05) is 30.9 Å². The minimum atomic E-state index is -0.554. The summed E-state index contributed by atoms with van der Waals surface area (Å²) in [7, 11) is 4.05. The van der Waals surface area contributed by atoms with Crippen LogP contribution in [0.2, 0.25) is 0 Å². The summed E-state index contributed by atoms with van der Waals surface area (Å²) in [6.07, 6.45) is 1.60. The van der Waals surface area contributed by atoms with Crippen LogP contribution in [-0.2, 0) is 0 Å². The highest BCUT2D eigenvalue weighted by Crippen LogP contribution is 2.30. The average molecular weight is 265 g/mol. The SMILES string of the molecule is C[C@H](O)c1cccnc1N1CC(O)CC1CN(C)C. The van der Waals surface area contributed by atoms with Gasteiger partial charge in [0.05, 0.1) is 12.2 Å². The van der Waals surface area contributed by atoms with Gasteiger partial charge in [-0.2, -0.15) is 0 Å². The lowest BCUT2D eigenvalue weighted by molar-refractivity contribution is 0.191. The molecule has 2 rings (SSSR count). The van der Waals surface area contributed by atoms with Crippen molar-refractivity contribution in [2.75, 3.05) is 32.1 Å². The van der Waals surface area contributed by atoms with Gasteiger partial charge in [0.2, 0.25) is 0 Å². The summed E-state index contributed by atoms with van der Waals surface area (Å²) < 4.78 is 0. The number of anilines is 1. The van der Waals surface area contributed by atoms with Gasteiger partial charge in [0.15, 0.2) is 0 Å². The number of β-amino-alcohol motifs (C(OH)–C–C–N with tert-alkyl or cyclic N) is 1. The number of likely N-dealkylation sites (N-methyl/N-ethyl adjacent to an activating group) is 1. The van der Waals surface area contributed by atoms with E-state index in [4.69, 9.17) is 0 Å². The minimum absolute atomic E-state index is 0.234. The fourth-order valence-corrected chi connectivity index (χ4v) is 2.72. The predicted octanol–water partition coefficient (Wildman–Crippen LogP) is 0.636. The van der Waals surface area contributed by atoms with Gasteiger partial charge in [-0.05, 0) is 33.5 Å². The van der Waals surface area contributed by atoms with Crippen LogP contribution in [0.15, 0.2) is 18.3 Å². The molecule has 2 N–H and O–H groups in total. The van der Waals surface area contributed by atoms with Crippen molar-refractivity contribution in [1.29, 1.82) is 0 Å². The second-order valence-corrected chi connectivity index (χ2v) is 5.55. The zero-order valence-electron chi connectivity index (χ0n) is 11.8. The summed E-state index contributed by atoms with van der Waals surface area (Å²) in [4.78, 5) is 8.64. The van der Waals surface area contributed by atoms with E-state index in [1.54, 1.807) is 13.1 Å². The highest BCUT2D eigenvalue weighted by atomic mass is 16.3. The van der Waals surface area contributed by atoms with Gasteiger partial charge in [0.1, 0.15) is 5.82 Å². The molecule has 1 aliphatic heterocycles. The van der Waals surface area contributed by atoms with Crippen LogP contribution < -0.4 is 4.90 Å². The van der Waals surface area contributed by atoms with Crippen LogP contribution in [-0.4, -0.2) is 59.4 Å². The maximum atomic E-state index is 9.92. The Morgan fingerprint density at radius 3 is 2.89 bits per heavy atom. The minimum Gasteiger partial charge on any atom is -0.391 e. The molecule has 0 saturated carbocycles. The first kappa shape index (κ1) is 14.2. The number of hydrogen-bond donors (Lipinski definition) is 2. The zero-order valence-corrected chi connectivity index (χ0v) is 11.8. The number of aliphatic hydroxyl groups excluding tert-OH is 2. The van der Waals surface area contributed by atoms with Crippen LogP contribution in [0, 0.1) is 0 Å². The molecule has 2 heterocycles. The third kappa shape index (κ3) is 3.23. The molecular weight excluding hydrogens is 242 g/mol. The van der Waals surface area contributed by atoms with E-state index in [-0.39, 0.29) is 12.1 Å². The van der Waals surface area contributed by atoms with Gasteiger partial charge in [-0.25, -0.2) is 4.98 Å². The van der Waals surface area contributed by atoms with Crippen molar-refractivity contribution in [3.05, 3.63) is 23.9 Å². The number of nitrogens with zero attached hydrogens (tertiary/aromatic N) is 3. The topological polar surface area (TPSA) is 59.8 Å². The van der Waals surface area contributed by atoms with E-state index in [2.05, 4.69) is 14.8 Å². The number of pyridine rings is 1. The smallest absolute Gasteiger partial charge is 0.134 e. The van der Waals surface area contributed by atoms with E-state index >= 15 is 0 Å². The van der Waals surface area contributed by atoms with E-state index < -0.39 is 6.10 Å². The Balaban J connectivity index is 2.28. The Morgan fingerprint density at radius 1 is 1.53 bits per heavy atom. The van der Waals surface area contributed by atoms with Crippen molar-refractivity contribution in [3.8, 4) is 0 Å². The van der Waals surface area contributed by atoms with Gasteiger partial charge < -0.3 is 20.0 Å². The Bertz CT molecular complexity index is 423. The molecule has 5 heteroatoms. The fourth-order valence-electron chi connectivity index (χ4n) is 2.72. The molecule has 0 bridgehead atoms. The van der Waals surface area contributed by atoms with E-state index in [0.29, 0.717) is 6.54 Å². The largest absolute Gasteiger partial charge is 0.391 e. The van der Waals surface area contributed by atoms with E-state index in [9.17, 15) is 10.2 Å². The molecule has 1 aliphatic rings. The summed E-state index contributed by atoms with van der Waals surface area (Å²) >= 11 is 0. The standard InChI is InChI=1S/C14H23N3O2/c1-10(18)13-5-4-6-15-14(13)17-9-12(19)7-11(17)8-16(2)3/h4-6,10-12,18-19H,7-9H2,1-3H3/t10-,11?,12?/m0/s1. The molecule has 3 atom stereocenters. The number of rotatable bonds is 4. The first-order valence-corrected chi connectivity index (χ1v) is 6.71. The molecule has 0 amide bonds. The monoisotopic (exact) mass is 265 g/mol. The molecule has 5 nitrogen and oxygen atoms in total. The van der Waals surface area contributed by atoms with Crippen molar-refractivity contribution in [1.82, 2.24) is 9.88 Å². The number of hydrogen-bond acceptors (Lipinski definition) is 5. The molecule has 19 heavy (non-hydrogen) atoms. The quantitative estimate of drug-likeness (QED) is 0.836. The first-order chi connectivity index (χ1) is 8.99. The van der Waals surface area contributed by atoms with E-state index in [1.807, 2.05) is 26.2 Å². The van der Waals surface area contributed by atoms with Gasteiger partial charge in [0.25, 0.3) is 0 Å². The molecule has 1 saturated heterocycles. The van der Waals surface area contributed by atoms with Gasteiger partial charge in [-0.3, -0.25) is 0 Å². The average Bonchev–Trinajstić information content (AvgIpc) is 2.69. The van der Waals surface area contributed by atoms with Crippen LogP contribution in [0.3, 0.4) is 0 Å². The van der Waals surface area contributed by atoms with Gasteiger partial charge in [-0.15, -0.1) is 0 Å². The summed E-state index contributed by atoms with van der Waals surface area (Å²) in [6.45, 7) is 3.19. The predicted molar refractivity (Wildman–Crippen MR) is 75.2 cm³/mol. The third-order valence-corrected chi connectivity index (χ3v) is 3.51. The summed E-state index contributed by atoms with van der Waals surface area (Å²) in [6, 6.07) is 3.96. The van der Waals surface area contributed by atoms with Crippen LogP contribution in [0.4, 0.5) is 5.82 Å². The second kappa shape index (κ2) is 5.86. The third-order valence-electron chi connectivity index (χ3n) is 3.51. The van der Waals surface area contributed by atoms with E-state index in [1.165, 1.54) is 0 Å². The van der Waals surface area contributed by atoms with Gasteiger partial charge >= 0.3 is 0 Å². The molecule has 0 aromatic carbocycles. The molecule has 2 unspecified atom stereocenters. The lowest BCUT2D eigenvalue weighted by Gasteiger charge is -2.29. The molecule has 1 aromatic rings. The lowest BCUT2D eigenvalue weighted by atomic mass is 10.1. The highest BCUT2D eigenvalue weighted by Gasteiger charge is 2.33. The fraction of sp³-hybridized carbons (Fsp3) is 0.643. The van der Waals surface area contributed by atoms with Crippen molar-refractivity contribution < 1.29 is 10.2 Å². The van der Waals surface area contributed by atoms with E-state index in [0.717, 1.165) is 24.3 Å². The molecule has 1 fully saturated rings. The molecule has 1 aromatic heterocycles. The normalized spacial score (nSPS) is 25.1. The van der Waals surface area contributed by atoms with Crippen molar-refractivity contribution in [2.24, 2.45) is 0 Å². The maximum Gasteiger partial charge on any atom is 0.134 e. The number of aromatic nitrogens is 1. The molecular formula is C14H23N3O2. The summed E-state index contributed by atoms with van der Waals surface area (Å²) in [5.41, 5.74) is 0.820. The van der Waals surface area contributed by atoms with Gasteiger partial charge in [-0.1, -0.05) is 6.07 Å². The van der Waals surface area contributed by atoms with Crippen molar-refractivity contribution >= 4 is 5.82 Å². The lowest BCUT2D eigenvalue weighted by Crippen LogP contribution is -2.38. The highest BCUT2D eigenvalue weighted by molar-refractivity contribution is 5.50. The zero-order chi connectivity index (χ0) is 14.0. The van der Waals surface area contributed by atoms with Crippen LogP contribution >= 0.6 is 0 Å². The Morgan fingerprint density at radius 2 is 2.26 bits per heavy atom. The van der Waals surface area contributed by atoms with Crippen LogP contribution in [0.5, 0.6) is 0 Å². The Hall–Kier alpha value is -1.17.